The predicted molar refractivity (Wildman–Crippen MR) is 113 cm³/mol. The summed E-state index contributed by atoms with van der Waals surface area (Å²) in [5, 5.41) is 10.2. The second-order valence-electron chi connectivity index (χ2n) is 9.18. The van der Waals surface area contributed by atoms with Gasteiger partial charge in [0, 0.05) is 19.3 Å². The number of carbonyl (C=O) groups is 2. The molecule has 0 saturated heterocycles. The molecule has 1 aliphatic rings. The highest BCUT2D eigenvalue weighted by Crippen LogP contribution is 2.35. The summed E-state index contributed by atoms with van der Waals surface area (Å²) in [5.74, 6) is -0.324. The zero-order valence-electron chi connectivity index (χ0n) is 18.1. The summed E-state index contributed by atoms with van der Waals surface area (Å²) in [7, 11) is 0. The highest BCUT2D eigenvalue weighted by atomic mass is 16.3. The van der Waals surface area contributed by atoms with Crippen molar-refractivity contribution in [2.24, 2.45) is 5.41 Å². The van der Waals surface area contributed by atoms with E-state index in [1.807, 2.05) is 13.8 Å². The fraction of sp³-hybridized carbons (Fsp3) is 0.833. The van der Waals surface area contributed by atoms with Crippen LogP contribution in [0, 0.1) is 5.41 Å². The molecular weight excluding hydrogens is 336 g/mol. The van der Waals surface area contributed by atoms with Crippen LogP contribution >= 0.6 is 0 Å². The van der Waals surface area contributed by atoms with Crippen molar-refractivity contribution in [1.82, 2.24) is 0 Å². The van der Waals surface area contributed by atoms with Crippen molar-refractivity contribution in [2.75, 3.05) is 0 Å². The molecule has 0 bridgehead atoms. The summed E-state index contributed by atoms with van der Waals surface area (Å²) in [4.78, 5) is 24.3. The smallest absolute Gasteiger partial charge is 0.170 e. The molecule has 0 atom stereocenters. The Hall–Kier alpha value is -1.12. The van der Waals surface area contributed by atoms with Crippen LogP contribution in [0.3, 0.4) is 0 Å². The lowest BCUT2D eigenvalue weighted by atomic mass is 9.73. The molecule has 0 unspecified atom stereocenters. The second-order valence-corrected chi connectivity index (χ2v) is 9.18. The molecule has 0 spiro atoms. The summed E-state index contributed by atoms with van der Waals surface area (Å²) in [6.07, 6.45) is 17.8. The summed E-state index contributed by atoms with van der Waals surface area (Å²) < 4.78 is 0. The molecule has 3 nitrogen and oxygen atoms in total. The van der Waals surface area contributed by atoms with Gasteiger partial charge in [-0.3, -0.25) is 9.59 Å². The van der Waals surface area contributed by atoms with E-state index >= 15 is 0 Å². The van der Waals surface area contributed by atoms with E-state index in [1.54, 1.807) is 0 Å². The largest absolute Gasteiger partial charge is 0.511 e. The first kappa shape index (κ1) is 23.9. The molecule has 0 aromatic rings. The Morgan fingerprint density at radius 1 is 0.741 bits per heavy atom. The quantitative estimate of drug-likeness (QED) is 0.150. The third-order valence-electron chi connectivity index (χ3n) is 5.64. The summed E-state index contributed by atoms with van der Waals surface area (Å²) in [6, 6.07) is 0. The minimum Gasteiger partial charge on any atom is -0.511 e. The van der Waals surface area contributed by atoms with Gasteiger partial charge in [-0.2, -0.15) is 0 Å². The van der Waals surface area contributed by atoms with Crippen molar-refractivity contribution in [2.45, 2.75) is 124 Å². The molecule has 3 heteroatoms. The van der Waals surface area contributed by atoms with Gasteiger partial charge in [0.05, 0.1) is 5.57 Å². The minimum atomic E-state index is -0.270. The van der Waals surface area contributed by atoms with Crippen LogP contribution in [-0.2, 0) is 9.59 Å². The van der Waals surface area contributed by atoms with Crippen molar-refractivity contribution in [3.8, 4) is 0 Å². The lowest BCUT2D eigenvalue weighted by Crippen LogP contribution is -2.32. The summed E-state index contributed by atoms with van der Waals surface area (Å²) >= 11 is 0. The van der Waals surface area contributed by atoms with Crippen LogP contribution in [0.25, 0.3) is 0 Å². The van der Waals surface area contributed by atoms with Crippen LogP contribution in [0.1, 0.15) is 124 Å². The molecule has 0 radical (unpaired) electrons. The number of unbranched alkanes of at least 4 members (excludes halogenated alkanes) is 12. The zero-order chi connectivity index (χ0) is 20.1. The number of aliphatic hydroxyl groups is 1. The third-order valence-corrected chi connectivity index (χ3v) is 5.64. The minimum absolute atomic E-state index is 0.0311. The van der Waals surface area contributed by atoms with E-state index in [4.69, 9.17) is 0 Å². The maximum atomic E-state index is 12.2. The van der Waals surface area contributed by atoms with Gasteiger partial charge in [-0.25, -0.2) is 0 Å². The Morgan fingerprint density at radius 3 is 1.52 bits per heavy atom. The van der Waals surface area contributed by atoms with E-state index in [-0.39, 0.29) is 28.3 Å². The van der Waals surface area contributed by atoms with Gasteiger partial charge in [0.2, 0.25) is 0 Å². The molecule has 0 amide bonds. The van der Waals surface area contributed by atoms with Crippen LogP contribution < -0.4 is 0 Å². The van der Waals surface area contributed by atoms with Crippen LogP contribution in [-0.4, -0.2) is 16.7 Å². The first-order valence-corrected chi connectivity index (χ1v) is 11.4. The Balaban J connectivity index is 2.06. The standard InChI is InChI=1S/C24H42O3/c1-4-5-6-7-8-9-10-11-12-13-14-15-16-17-20(25)23-21(26)18-24(2,3)19-22(23)27/h25H,4-19H2,1-3H3. The van der Waals surface area contributed by atoms with Gasteiger partial charge in [0.15, 0.2) is 11.6 Å². The van der Waals surface area contributed by atoms with Gasteiger partial charge in [-0.15, -0.1) is 0 Å². The maximum Gasteiger partial charge on any atom is 0.170 e. The lowest BCUT2D eigenvalue weighted by Gasteiger charge is -2.28. The fourth-order valence-electron chi connectivity index (χ4n) is 4.02. The predicted octanol–water partition coefficient (Wildman–Crippen LogP) is 7.24. The normalized spacial score (nSPS) is 16.8. The Kier molecular flexibility index (Phi) is 11.6. The van der Waals surface area contributed by atoms with Crippen molar-refractivity contribution in [3.05, 3.63) is 11.3 Å². The molecule has 1 fully saturated rings. The molecular formula is C24H42O3. The van der Waals surface area contributed by atoms with Gasteiger partial charge < -0.3 is 5.11 Å². The molecule has 0 aromatic heterocycles. The van der Waals surface area contributed by atoms with Crippen molar-refractivity contribution < 1.29 is 14.7 Å². The zero-order valence-corrected chi connectivity index (χ0v) is 18.1. The van der Waals surface area contributed by atoms with Crippen molar-refractivity contribution in [1.29, 1.82) is 0 Å². The van der Waals surface area contributed by atoms with E-state index < -0.39 is 0 Å². The van der Waals surface area contributed by atoms with Gasteiger partial charge >= 0.3 is 0 Å². The number of hydrogen-bond acceptors (Lipinski definition) is 3. The summed E-state index contributed by atoms with van der Waals surface area (Å²) in [6.45, 7) is 6.13. The highest BCUT2D eigenvalue weighted by molar-refractivity contribution is 6.22. The Labute approximate surface area is 167 Å². The summed E-state index contributed by atoms with van der Waals surface area (Å²) in [5.41, 5.74) is -0.179. The van der Waals surface area contributed by atoms with Crippen LogP contribution in [0.4, 0.5) is 0 Å². The number of ketones is 2. The number of rotatable bonds is 14. The molecule has 0 heterocycles. The van der Waals surface area contributed by atoms with Gasteiger partial charge in [-0.1, -0.05) is 97.8 Å². The van der Waals surface area contributed by atoms with Crippen molar-refractivity contribution in [3.63, 3.8) is 0 Å². The lowest BCUT2D eigenvalue weighted by molar-refractivity contribution is -0.127. The Bertz CT molecular complexity index is 466. The molecule has 27 heavy (non-hydrogen) atoms. The first-order valence-electron chi connectivity index (χ1n) is 11.4. The topological polar surface area (TPSA) is 54.4 Å². The average molecular weight is 379 g/mol. The van der Waals surface area contributed by atoms with Crippen LogP contribution in [0.2, 0.25) is 0 Å². The number of allylic oxidation sites excluding steroid dienone is 2. The highest BCUT2D eigenvalue weighted by Gasteiger charge is 2.37. The van der Waals surface area contributed by atoms with E-state index in [0.29, 0.717) is 19.3 Å². The van der Waals surface area contributed by atoms with Gasteiger partial charge in [0.25, 0.3) is 0 Å². The van der Waals surface area contributed by atoms with E-state index in [0.717, 1.165) is 12.8 Å². The molecule has 0 aromatic carbocycles. The second kappa shape index (κ2) is 13.1. The van der Waals surface area contributed by atoms with E-state index in [2.05, 4.69) is 6.92 Å². The maximum absolute atomic E-state index is 12.2. The number of aliphatic hydroxyl groups excluding tert-OH is 1. The molecule has 156 valence electrons. The molecule has 0 aliphatic heterocycles. The fourth-order valence-corrected chi connectivity index (χ4v) is 4.02. The number of hydrogen-bond donors (Lipinski definition) is 1. The molecule has 1 rings (SSSR count). The number of Topliss-reactive ketones (excluding diaryl/α,β-unsaturated/α-hetero) is 2. The van der Waals surface area contributed by atoms with Crippen LogP contribution in [0.5, 0.6) is 0 Å². The first-order chi connectivity index (χ1) is 12.9. The monoisotopic (exact) mass is 378 g/mol. The molecule has 1 saturated carbocycles. The van der Waals surface area contributed by atoms with E-state index in [9.17, 15) is 14.7 Å². The Morgan fingerprint density at radius 2 is 1.11 bits per heavy atom. The van der Waals surface area contributed by atoms with Crippen LogP contribution in [0.15, 0.2) is 11.3 Å². The average Bonchev–Trinajstić information content (AvgIpc) is 2.57. The molecule has 1 aliphatic carbocycles. The van der Waals surface area contributed by atoms with Gasteiger partial charge in [-0.05, 0) is 11.8 Å². The third kappa shape index (κ3) is 10.1. The number of carbonyl (C=O) groups excluding carboxylic acids is 2. The van der Waals surface area contributed by atoms with Crippen molar-refractivity contribution >= 4 is 11.6 Å². The van der Waals surface area contributed by atoms with E-state index in [1.165, 1.54) is 70.6 Å². The van der Waals surface area contributed by atoms with Gasteiger partial charge in [0.1, 0.15) is 5.76 Å². The SMILES string of the molecule is CCCCCCCCCCCCCCCC(O)=C1C(=O)CC(C)(C)CC1=O. The molecule has 1 N–H and O–H groups in total.